The molecule has 1 spiro atoms. The molecule has 0 radical (unpaired) electrons. The lowest BCUT2D eigenvalue weighted by atomic mass is 9.84. The Balaban J connectivity index is 1.23. The molecule has 12 heteroatoms. The van der Waals surface area contributed by atoms with E-state index < -0.39 is 52.6 Å². The van der Waals surface area contributed by atoms with E-state index in [4.69, 9.17) is 16.4 Å². The standard InChI is InChI=1S/C37H50ClN5O6/c1-36(2,3)32(41-30(44)17-22-8-5-4-6-9-22)35(48)43-21-37(19-28(42-49-37)24-10-7-11-25(38)18-24)20-29(43)33(46)40-27(16-23-12-13-23)31(45)34(47)39-26-14-15-26/h7,10-11,18,22-23,26-27,29,32H,4-6,8-9,12-17,19-21H2,1-3H3,(H,39,47)(H,40,46)(H,41,44)/t27-,29-,32+,37?/m0/s1. The first-order valence-electron chi connectivity index (χ1n) is 18.1. The van der Waals surface area contributed by atoms with Crippen LogP contribution in [-0.4, -0.2) is 76.3 Å². The number of carbonyl (C=O) groups is 5. The zero-order valence-corrected chi connectivity index (χ0v) is 29.7. The van der Waals surface area contributed by atoms with Gasteiger partial charge in [0.05, 0.1) is 18.3 Å². The van der Waals surface area contributed by atoms with Gasteiger partial charge in [0.1, 0.15) is 12.1 Å². The Hall–Kier alpha value is -3.47. The van der Waals surface area contributed by atoms with E-state index in [9.17, 15) is 24.0 Å². The van der Waals surface area contributed by atoms with Gasteiger partial charge in [-0.1, -0.05) is 81.8 Å². The average molecular weight is 696 g/mol. The predicted molar refractivity (Wildman–Crippen MR) is 185 cm³/mol. The molecule has 6 rings (SSSR count). The van der Waals surface area contributed by atoms with Gasteiger partial charge in [0.15, 0.2) is 5.60 Å². The summed E-state index contributed by atoms with van der Waals surface area (Å²) in [6.07, 6.45) is 10.2. The molecule has 1 aromatic carbocycles. The van der Waals surface area contributed by atoms with Gasteiger partial charge in [0.25, 0.3) is 5.91 Å². The maximum absolute atomic E-state index is 14.6. The first-order valence-corrected chi connectivity index (χ1v) is 18.4. The number of nitrogens with zero attached hydrogens (tertiary/aromatic N) is 2. The zero-order chi connectivity index (χ0) is 34.9. The Morgan fingerprint density at radius 3 is 2.39 bits per heavy atom. The number of Topliss-reactive ketones (excluding diaryl/α,β-unsaturated/α-hetero) is 1. The normalized spacial score (nSPS) is 25.3. The van der Waals surface area contributed by atoms with Crippen molar-refractivity contribution in [3.63, 3.8) is 0 Å². The Morgan fingerprint density at radius 1 is 1.00 bits per heavy atom. The smallest absolute Gasteiger partial charge is 0.289 e. The fourth-order valence-electron chi connectivity index (χ4n) is 7.47. The van der Waals surface area contributed by atoms with Crippen LogP contribution in [0.3, 0.4) is 0 Å². The molecule has 1 aromatic rings. The third-order valence-electron chi connectivity index (χ3n) is 10.6. The van der Waals surface area contributed by atoms with Crippen LogP contribution in [0.4, 0.5) is 0 Å². The molecule has 2 aliphatic heterocycles. The second-order valence-electron chi connectivity index (χ2n) is 16.1. The van der Waals surface area contributed by atoms with Crippen molar-refractivity contribution in [2.24, 2.45) is 22.4 Å². The highest BCUT2D eigenvalue weighted by Crippen LogP contribution is 2.41. The lowest BCUT2D eigenvalue weighted by molar-refractivity contribution is -0.145. The van der Waals surface area contributed by atoms with Crippen LogP contribution >= 0.6 is 11.6 Å². The lowest BCUT2D eigenvalue weighted by Crippen LogP contribution is -2.59. The van der Waals surface area contributed by atoms with Crippen LogP contribution < -0.4 is 16.0 Å². The van der Waals surface area contributed by atoms with E-state index in [1.807, 2.05) is 32.9 Å². The summed E-state index contributed by atoms with van der Waals surface area (Å²) in [5.41, 5.74) is -0.221. The molecular weight excluding hydrogens is 646 g/mol. The highest BCUT2D eigenvalue weighted by Gasteiger charge is 2.56. The van der Waals surface area contributed by atoms with Crippen LogP contribution in [0.2, 0.25) is 5.02 Å². The average Bonchev–Trinajstić information content (AvgIpc) is 3.99. The van der Waals surface area contributed by atoms with Gasteiger partial charge in [0, 0.05) is 35.9 Å². The van der Waals surface area contributed by atoms with Gasteiger partial charge in [-0.2, -0.15) is 0 Å². The highest BCUT2D eigenvalue weighted by molar-refractivity contribution is 6.38. The SMILES string of the molecule is CC(C)(C)[C@H](NC(=O)CC1CCCCC1)C(=O)N1CC2(CC(c3cccc(Cl)c3)=NO2)C[C@H]1C(=O)N[C@@H](CC1CC1)C(=O)C(=O)NC1CC1. The summed E-state index contributed by atoms with van der Waals surface area (Å²) in [4.78, 5) is 75.9. The number of hydrogen-bond donors (Lipinski definition) is 3. The van der Waals surface area contributed by atoms with Crippen molar-refractivity contribution in [3.8, 4) is 0 Å². The number of amides is 4. The molecule has 4 amide bonds. The van der Waals surface area contributed by atoms with Gasteiger partial charge >= 0.3 is 0 Å². The van der Waals surface area contributed by atoms with Crippen molar-refractivity contribution in [1.29, 1.82) is 0 Å². The molecule has 0 aromatic heterocycles. The Labute approximate surface area is 293 Å². The van der Waals surface area contributed by atoms with Crippen LogP contribution in [0.1, 0.15) is 110 Å². The third kappa shape index (κ3) is 8.83. The van der Waals surface area contributed by atoms with Crippen LogP contribution in [0, 0.1) is 17.3 Å². The Bertz CT molecular complexity index is 1490. The number of oxime groups is 1. The number of benzene rings is 1. The lowest BCUT2D eigenvalue weighted by Gasteiger charge is -2.36. The van der Waals surface area contributed by atoms with Crippen molar-refractivity contribution < 1.29 is 28.8 Å². The van der Waals surface area contributed by atoms with E-state index in [0.29, 0.717) is 35.9 Å². The number of likely N-dealkylation sites (tertiary alicyclic amines) is 1. The van der Waals surface area contributed by atoms with Crippen LogP contribution in [0.5, 0.6) is 0 Å². The minimum Gasteiger partial charge on any atom is -0.387 e. The van der Waals surface area contributed by atoms with Crippen molar-refractivity contribution in [2.75, 3.05) is 6.54 Å². The largest absolute Gasteiger partial charge is 0.387 e. The molecule has 49 heavy (non-hydrogen) atoms. The van der Waals surface area contributed by atoms with Crippen molar-refractivity contribution in [3.05, 3.63) is 34.9 Å². The zero-order valence-electron chi connectivity index (χ0n) is 28.9. The molecule has 1 unspecified atom stereocenters. The van der Waals surface area contributed by atoms with E-state index in [1.54, 1.807) is 12.1 Å². The van der Waals surface area contributed by atoms with E-state index in [1.165, 1.54) is 11.3 Å². The third-order valence-corrected chi connectivity index (χ3v) is 10.9. The van der Waals surface area contributed by atoms with E-state index in [-0.39, 0.29) is 30.8 Å². The van der Waals surface area contributed by atoms with Gasteiger partial charge in [-0.05, 0) is 61.5 Å². The van der Waals surface area contributed by atoms with Gasteiger partial charge in [-0.15, -0.1) is 0 Å². The molecule has 3 N–H and O–H groups in total. The highest BCUT2D eigenvalue weighted by atomic mass is 35.5. The quantitative estimate of drug-likeness (QED) is 0.276. The first-order chi connectivity index (χ1) is 23.3. The van der Waals surface area contributed by atoms with Crippen LogP contribution in [0.15, 0.2) is 29.4 Å². The van der Waals surface area contributed by atoms with Crippen LogP contribution in [-0.2, 0) is 28.8 Å². The summed E-state index contributed by atoms with van der Waals surface area (Å²) in [5, 5.41) is 13.6. The number of nitrogens with one attached hydrogen (secondary N) is 3. The summed E-state index contributed by atoms with van der Waals surface area (Å²) in [6, 6.07) is 4.37. The summed E-state index contributed by atoms with van der Waals surface area (Å²) < 4.78 is 0. The van der Waals surface area contributed by atoms with Crippen molar-refractivity contribution >= 4 is 46.7 Å². The molecule has 3 saturated carbocycles. The van der Waals surface area contributed by atoms with Crippen molar-refractivity contribution in [1.82, 2.24) is 20.9 Å². The van der Waals surface area contributed by atoms with E-state index >= 15 is 0 Å². The van der Waals surface area contributed by atoms with Gasteiger partial charge in [-0.25, -0.2) is 0 Å². The monoisotopic (exact) mass is 695 g/mol. The summed E-state index contributed by atoms with van der Waals surface area (Å²) in [7, 11) is 0. The van der Waals surface area contributed by atoms with Gasteiger partial charge < -0.3 is 25.7 Å². The van der Waals surface area contributed by atoms with E-state index in [0.717, 1.165) is 56.9 Å². The molecule has 5 aliphatic rings. The van der Waals surface area contributed by atoms with Gasteiger partial charge in [-0.3, -0.25) is 24.0 Å². The van der Waals surface area contributed by atoms with Gasteiger partial charge in [0.2, 0.25) is 23.5 Å². The second kappa shape index (κ2) is 14.4. The van der Waals surface area contributed by atoms with E-state index in [2.05, 4.69) is 21.1 Å². The number of carbonyl (C=O) groups excluding carboxylic acids is 5. The minimum atomic E-state index is -1.01. The number of halogens is 1. The Kier molecular flexibility index (Phi) is 10.4. The second-order valence-corrected chi connectivity index (χ2v) is 16.5. The molecule has 11 nitrogen and oxygen atoms in total. The minimum absolute atomic E-state index is 0.00684. The maximum atomic E-state index is 14.6. The Morgan fingerprint density at radius 2 is 1.73 bits per heavy atom. The molecule has 3 aliphatic carbocycles. The molecule has 2 heterocycles. The van der Waals surface area contributed by atoms with Crippen molar-refractivity contribution in [2.45, 2.75) is 134 Å². The maximum Gasteiger partial charge on any atom is 0.289 e. The summed E-state index contributed by atoms with van der Waals surface area (Å²) >= 11 is 6.26. The molecule has 0 bridgehead atoms. The molecule has 4 atom stereocenters. The number of hydrogen-bond acceptors (Lipinski definition) is 7. The topological polar surface area (TPSA) is 146 Å². The molecule has 266 valence electrons. The van der Waals surface area contributed by atoms with Crippen LogP contribution in [0.25, 0.3) is 0 Å². The molecule has 1 saturated heterocycles. The molecular formula is C37H50ClN5O6. The fraction of sp³-hybridized carbons (Fsp3) is 0.676. The summed E-state index contributed by atoms with van der Waals surface area (Å²) in [5.74, 6) is -1.88. The predicted octanol–water partition coefficient (Wildman–Crippen LogP) is 4.44. The first kappa shape index (κ1) is 35.4. The summed E-state index contributed by atoms with van der Waals surface area (Å²) in [6.45, 7) is 5.75. The number of ketones is 1. The fourth-order valence-corrected chi connectivity index (χ4v) is 7.66. The molecule has 4 fully saturated rings. The number of rotatable bonds is 12.